The lowest BCUT2D eigenvalue weighted by Gasteiger charge is -2.20. The van der Waals surface area contributed by atoms with Crippen molar-refractivity contribution in [3.8, 4) is 22.8 Å². The number of hydrogen-bond acceptors (Lipinski definition) is 5. The smallest absolute Gasteiger partial charge is 0.173 e. The number of aliphatic hydroxyl groups is 1. The number of pyridine rings is 1. The lowest BCUT2D eigenvalue weighted by molar-refractivity contribution is 0.0388. The van der Waals surface area contributed by atoms with E-state index in [2.05, 4.69) is 0 Å². The van der Waals surface area contributed by atoms with Crippen LogP contribution in [0.3, 0.4) is 0 Å². The van der Waals surface area contributed by atoms with E-state index in [0.29, 0.717) is 12.2 Å². The summed E-state index contributed by atoms with van der Waals surface area (Å²) in [6.45, 7) is 3.89. The van der Waals surface area contributed by atoms with Crippen LogP contribution < -0.4 is 15.2 Å². The second-order valence-corrected chi connectivity index (χ2v) is 6.31. The summed E-state index contributed by atoms with van der Waals surface area (Å²) < 4.78 is 11.1. The van der Waals surface area contributed by atoms with Crippen molar-refractivity contribution in [1.82, 2.24) is 4.98 Å². The predicted octanol–water partition coefficient (Wildman–Crippen LogP) is 3.65. The first-order valence-corrected chi connectivity index (χ1v) is 8.68. The van der Waals surface area contributed by atoms with Crippen LogP contribution in [0.1, 0.15) is 18.9 Å². The van der Waals surface area contributed by atoms with Gasteiger partial charge in [-0.25, -0.2) is 4.98 Å². The fraction of sp³-hybridized carbons (Fsp3) is 0.286. The zero-order valence-electron chi connectivity index (χ0n) is 15.3. The molecule has 1 heterocycles. The van der Waals surface area contributed by atoms with E-state index in [9.17, 15) is 5.11 Å². The van der Waals surface area contributed by atoms with Gasteiger partial charge in [-0.3, -0.25) is 5.73 Å². The molecule has 3 N–H and O–H groups in total. The molecule has 0 spiro atoms. The first-order valence-electron chi connectivity index (χ1n) is 8.68. The number of methoxy groups -OCH3 is 1. The number of aryl methyl sites for hydroxylation is 1. The Hall–Kier alpha value is -2.63. The average molecular weight is 352 g/mol. The Balaban J connectivity index is 2.09. The van der Waals surface area contributed by atoms with Gasteiger partial charge in [0.2, 0.25) is 0 Å². The summed E-state index contributed by atoms with van der Waals surface area (Å²) in [5, 5.41) is 10.8. The Labute approximate surface area is 153 Å². The highest BCUT2D eigenvalue weighted by atomic mass is 16.5. The quantitative estimate of drug-likeness (QED) is 0.662. The van der Waals surface area contributed by atoms with Crippen molar-refractivity contribution in [3.63, 3.8) is 0 Å². The normalized spacial score (nSPS) is 13.4. The van der Waals surface area contributed by atoms with Crippen molar-refractivity contribution < 1.29 is 14.6 Å². The van der Waals surface area contributed by atoms with Gasteiger partial charge in [0, 0.05) is 17.0 Å². The minimum atomic E-state index is -0.796. The molecular weight excluding hydrogens is 328 g/mol. The Kier molecular flexibility index (Phi) is 5.40. The van der Waals surface area contributed by atoms with Gasteiger partial charge < -0.3 is 14.6 Å². The molecule has 1 aromatic heterocycles. The number of hydrogen-bond donors (Lipinski definition) is 2. The van der Waals surface area contributed by atoms with Crippen LogP contribution in [0.5, 0.6) is 11.5 Å². The molecule has 0 fully saturated rings. The highest BCUT2D eigenvalue weighted by Gasteiger charge is 2.17. The van der Waals surface area contributed by atoms with Gasteiger partial charge in [0.15, 0.2) is 6.23 Å². The standard InChI is InChI=1S/C21H24N2O3/c1-4-19(24)21(22)26-20-12-17(14-6-8-15(25-3)9-7-14)23-18-11-13(2)5-10-16(18)20/h5-12,19,21,24H,4,22H2,1-3H3. The lowest BCUT2D eigenvalue weighted by atomic mass is 10.1. The highest BCUT2D eigenvalue weighted by molar-refractivity contribution is 5.88. The molecule has 0 amide bonds. The van der Waals surface area contributed by atoms with Gasteiger partial charge in [-0.15, -0.1) is 0 Å². The maximum atomic E-state index is 9.97. The van der Waals surface area contributed by atoms with Gasteiger partial charge in [0.25, 0.3) is 0 Å². The third-order valence-electron chi connectivity index (χ3n) is 4.37. The van der Waals surface area contributed by atoms with Crippen LogP contribution in [0.15, 0.2) is 48.5 Å². The Morgan fingerprint density at radius 2 is 1.85 bits per heavy atom. The molecule has 2 atom stereocenters. The van der Waals surface area contributed by atoms with E-state index in [1.54, 1.807) is 7.11 Å². The summed E-state index contributed by atoms with van der Waals surface area (Å²) in [4.78, 5) is 4.77. The zero-order valence-corrected chi connectivity index (χ0v) is 15.3. The number of rotatable bonds is 6. The molecule has 0 saturated heterocycles. The number of nitrogens with zero attached hydrogens (tertiary/aromatic N) is 1. The number of aliphatic hydroxyl groups excluding tert-OH is 1. The van der Waals surface area contributed by atoms with Gasteiger partial charge in [-0.05, 0) is 55.3 Å². The van der Waals surface area contributed by atoms with E-state index in [1.165, 1.54) is 0 Å². The molecule has 3 rings (SSSR count). The first-order chi connectivity index (χ1) is 12.5. The second-order valence-electron chi connectivity index (χ2n) is 6.31. The summed E-state index contributed by atoms with van der Waals surface area (Å²) in [7, 11) is 1.64. The van der Waals surface area contributed by atoms with Crippen LogP contribution in [0.2, 0.25) is 0 Å². The molecule has 5 heteroatoms. The molecule has 2 unspecified atom stereocenters. The fourth-order valence-corrected chi connectivity index (χ4v) is 2.77. The lowest BCUT2D eigenvalue weighted by Crippen LogP contribution is -2.39. The highest BCUT2D eigenvalue weighted by Crippen LogP contribution is 2.32. The van der Waals surface area contributed by atoms with Gasteiger partial charge in [-0.1, -0.05) is 13.0 Å². The van der Waals surface area contributed by atoms with Crippen molar-refractivity contribution >= 4 is 10.9 Å². The van der Waals surface area contributed by atoms with Crippen molar-refractivity contribution in [2.75, 3.05) is 7.11 Å². The molecule has 0 radical (unpaired) electrons. The summed E-state index contributed by atoms with van der Waals surface area (Å²) in [6, 6.07) is 15.5. The number of fused-ring (bicyclic) bond motifs is 1. The van der Waals surface area contributed by atoms with E-state index < -0.39 is 12.3 Å². The molecule has 3 aromatic rings. The summed E-state index contributed by atoms with van der Waals surface area (Å²) in [5.74, 6) is 1.40. The van der Waals surface area contributed by atoms with E-state index >= 15 is 0 Å². The molecule has 0 bridgehead atoms. The third-order valence-corrected chi connectivity index (χ3v) is 4.37. The maximum absolute atomic E-state index is 9.97. The topological polar surface area (TPSA) is 77.6 Å². The summed E-state index contributed by atoms with van der Waals surface area (Å²) >= 11 is 0. The number of ether oxygens (including phenoxy) is 2. The van der Waals surface area contributed by atoms with Crippen molar-refractivity contribution in [3.05, 3.63) is 54.1 Å². The van der Waals surface area contributed by atoms with Crippen molar-refractivity contribution in [2.24, 2.45) is 5.73 Å². The molecule has 136 valence electrons. The fourth-order valence-electron chi connectivity index (χ4n) is 2.77. The molecular formula is C21H24N2O3. The van der Waals surface area contributed by atoms with E-state index in [0.717, 1.165) is 33.5 Å². The zero-order chi connectivity index (χ0) is 18.7. The molecule has 0 saturated carbocycles. The van der Waals surface area contributed by atoms with Crippen LogP contribution in [0.25, 0.3) is 22.2 Å². The molecule has 0 aliphatic rings. The average Bonchev–Trinajstić information content (AvgIpc) is 2.66. The van der Waals surface area contributed by atoms with Crippen LogP contribution >= 0.6 is 0 Å². The molecule has 5 nitrogen and oxygen atoms in total. The predicted molar refractivity (Wildman–Crippen MR) is 103 cm³/mol. The van der Waals surface area contributed by atoms with Crippen molar-refractivity contribution in [1.29, 1.82) is 0 Å². The molecule has 2 aromatic carbocycles. The summed E-state index contributed by atoms with van der Waals surface area (Å²) in [6.07, 6.45) is -1.00. The monoisotopic (exact) mass is 352 g/mol. The van der Waals surface area contributed by atoms with E-state index in [1.807, 2.05) is 62.4 Å². The largest absolute Gasteiger partial charge is 0.497 e. The van der Waals surface area contributed by atoms with Crippen LogP contribution in [-0.4, -0.2) is 29.5 Å². The number of aromatic nitrogens is 1. The summed E-state index contributed by atoms with van der Waals surface area (Å²) in [5.41, 5.74) is 9.66. The third kappa shape index (κ3) is 3.79. The Bertz CT molecular complexity index is 894. The van der Waals surface area contributed by atoms with Gasteiger partial charge in [0.05, 0.1) is 18.3 Å². The van der Waals surface area contributed by atoms with E-state index in [4.69, 9.17) is 20.2 Å². The SMILES string of the molecule is CCC(O)C(N)Oc1cc(-c2ccc(OC)cc2)nc2cc(C)ccc12. The van der Waals surface area contributed by atoms with Crippen LogP contribution in [0, 0.1) is 6.92 Å². The molecule has 26 heavy (non-hydrogen) atoms. The van der Waals surface area contributed by atoms with Gasteiger partial charge >= 0.3 is 0 Å². The Morgan fingerprint density at radius 3 is 2.50 bits per heavy atom. The maximum Gasteiger partial charge on any atom is 0.173 e. The van der Waals surface area contributed by atoms with Gasteiger partial charge in [0.1, 0.15) is 17.6 Å². The molecule has 0 aliphatic heterocycles. The van der Waals surface area contributed by atoms with E-state index in [-0.39, 0.29) is 0 Å². The van der Waals surface area contributed by atoms with Crippen LogP contribution in [-0.2, 0) is 0 Å². The second kappa shape index (κ2) is 7.72. The van der Waals surface area contributed by atoms with Gasteiger partial charge in [-0.2, -0.15) is 0 Å². The minimum absolute atomic E-state index is 0.522. The molecule has 0 aliphatic carbocycles. The van der Waals surface area contributed by atoms with Crippen molar-refractivity contribution in [2.45, 2.75) is 32.6 Å². The minimum Gasteiger partial charge on any atom is -0.497 e. The Morgan fingerprint density at radius 1 is 1.12 bits per heavy atom. The number of nitrogens with two attached hydrogens (primary N) is 1. The first kappa shape index (κ1) is 18.2. The van der Waals surface area contributed by atoms with Crippen LogP contribution in [0.4, 0.5) is 0 Å². The number of benzene rings is 2.